The molecule has 0 saturated heterocycles. The molecular weight excluding hydrogens is 318 g/mol. The van der Waals surface area contributed by atoms with Gasteiger partial charge >= 0.3 is 5.97 Å². The van der Waals surface area contributed by atoms with Gasteiger partial charge in [0.25, 0.3) is 0 Å². The first-order valence-corrected chi connectivity index (χ1v) is 8.98. The minimum atomic E-state index is -0.333. The number of hydrogen-bond acceptors (Lipinski definition) is 4. The van der Waals surface area contributed by atoms with Gasteiger partial charge in [-0.1, -0.05) is 19.9 Å². The highest BCUT2D eigenvalue weighted by Gasteiger charge is 2.27. The van der Waals surface area contributed by atoms with Gasteiger partial charge in [-0.2, -0.15) is 0 Å². The van der Waals surface area contributed by atoms with E-state index in [2.05, 4.69) is 37.0 Å². The molecule has 0 aliphatic carbocycles. The second-order valence-corrected chi connectivity index (χ2v) is 7.67. The molecule has 1 heterocycles. The van der Waals surface area contributed by atoms with Gasteiger partial charge in [0.15, 0.2) is 0 Å². The van der Waals surface area contributed by atoms with Crippen LogP contribution in [0.5, 0.6) is 0 Å². The molecule has 0 radical (unpaired) electrons. The second kappa shape index (κ2) is 6.81. The quantitative estimate of drug-likeness (QED) is 0.583. The molecule has 1 aliphatic heterocycles. The fourth-order valence-electron chi connectivity index (χ4n) is 2.78. The maximum atomic E-state index is 11.4. The summed E-state index contributed by atoms with van der Waals surface area (Å²) in [6.45, 7) is 4.61. The maximum Gasteiger partial charge on any atom is 0.337 e. The van der Waals surface area contributed by atoms with E-state index in [-0.39, 0.29) is 11.4 Å². The van der Waals surface area contributed by atoms with Crippen molar-refractivity contribution in [2.45, 2.75) is 30.6 Å². The van der Waals surface area contributed by atoms with Crippen molar-refractivity contribution in [1.29, 1.82) is 0 Å². The molecule has 0 N–H and O–H groups in total. The zero-order valence-electron chi connectivity index (χ0n) is 14.2. The summed E-state index contributed by atoms with van der Waals surface area (Å²) in [5.74, 6) is 0.847. The summed E-state index contributed by atoms with van der Waals surface area (Å²) >= 11 is 1.93. The molecule has 0 unspecified atom stereocenters. The Hall–Kier alpha value is -2.07. The first kappa shape index (κ1) is 16.8. The summed E-state index contributed by atoms with van der Waals surface area (Å²) < 4.78 is 4.70. The molecule has 0 aromatic heterocycles. The number of benzene rings is 2. The van der Waals surface area contributed by atoms with Gasteiger partial charge in [0, 0.05) is 11.1 Å². The number of rotatable bonds is 3. The number of esters is 1. The number of aliphatic imine (C=N–C) groups is 1. The summed E-state index contributed by atoms with van der Waals surface area (Å²) in [5, 5.41) is 0. The number of methoxy groups -OCH3 is 1. The molecule has 0 spiro atoms. The highest BCUT2D eigenvalue weighted by molar-refractivity contribution is 7.99. The third kappa shape index (κ3) is 3.54. The van der Waals surface area contributed by atoms with Crippen LogP contribution in [0.4, 0.5) is 5.69 Å². The van der Waals surface area contributed by atoms with Crippen LogP contribution in [0.1, 0.15) is 41.8 Å². The predicted molar refractivity (Wildman–Crippen MR) is 99.8 cm³/mol. The van der Waals surface area contributed by atoms with Crippen LogP contribution in [0.15, 0.2) is 52.4 Å². The summed E-state index contributed by atoms with van der Waals surface area (Å²) in [4.78, 5) is 17.3. The minimum absolute atomic E-state index is 0.215. The van der Waals surface area contributed by atoms with Crippen molar-refractivity contribution in [3.63, 3.8) is 0 Å². The molecule has 0 amide bonds. The molecule has 4 heteroatoms. The monoisotopic (exact) mass is 339 g/mol. The Kier molecular flexibility index (Phi) is 4.76. The summed E-state index contributed by atoms with van der Waals surface area (Å²) in [7, 11) is 1.38. The van der Waals surface area contributed by atoms with Gasteiger partial charge in [-0.05, 0) is 65.1 Å². The predicted octanol–water partition coefficient (Wildman–Crippen LogP) is 5.00. The third-order valence-electron chi connectivity index (χ3n) is 4.37. The Bertz CT molecular complexity index is 779. The van der Waals surface area contributed by atoms with Gasteiger partial charge in [0.2, 0.25) is 0 Å². The molecule has 0 fully saturated rings. The summed E-state index contributed by atoms with van der Waals surface area (Å²) in [6.07, 6.45) is 3.07. The zero-order chi connectivity index (χ0) is 17.2. The van der Waals surface area contributed by atoms with Crippen LogP contribution in [-0.2, 0) is 10.2 Å². The lowest BCUT2D eigenvalue weighted by Crippen LogP contribution is -2.22. The molecule has 2 aromatic rings. The maximum absolute atomic E-state index is 11.4. The lowest BCUT2D eigenvalue weighted by atomic mass is 9.81. The SMILES string of the molecule is COC(=O)c1ccc(N=Cc2ccc3c(c2)C(C)(C)CCS3)cc1. The fraction of sp³-hybridized carbons (Fsp3) is 0.300. The van der Waals surface area contributed by atoms with E-state index < -0.39 is 0 Å². The lowest BCUT2D eigenvalue weighted by Gasteiger charge is -2.32. The van der Waals surface area contributed by atoms with Crippen LogP contribution in [0.2, 0.25) is 0 Å². The average molecular weight is 339 g/mol. The molecule has 0 saturated carbocycles. The number of hydrogen-bond donors (Lipinski definition) is 0. The van der Waals surface area contributed by atoms with Crippen LogP contribution in [-0.4, -0.2) is 25.0 Å². The highest BCUT2D eigenvalue weighted by Crippen LogP contribution is 2.41. The molecule has 1 aliphatic rings. The Morgan fingerprint density at radius 2 is 1.96 bits per heavy atom. The van der Waals surface area contributed by atoms with Crippen LogP contribution in [0, 0.1) is 0 Å². The molecular formula is C20H21NO2S. The normalized spacial score (nSPS) is 16.0. The molecule has 3 rings (SSSR count). The Labute approximate surface area is 147 Å². The minimum Gasteiger partial charge on any atom is -0.465 e. The van der Waals surface area contributed by atoms with Gasteiger partial charge in [-0.25, -0.2) is 4.79 Å². The Balaban J connectivity index is 1.81. The molecule has 3 nitrogen and oxygen atoms in total. The van der Waals surface area contributed by atoms with E-state index in [0.717, 1.165) is 11.3 Å². The van der Waals surface area contributed by atoms with Crippen molar-refractivity contribution in [2.24, 2.45) is 4.99 Å². The molecule has 0 bridgehead atoms. The van der Waals surface area contributed by atoms with E-state index >= 15 is 0 Å². The number of fused-ring (bicyclic) bond motifs is 1. The first-order chi connectivity index (χ1) is 11.5. The van der Waals surface area contributed by atoms with Gasteiger partial charge in [0.1, 0.15) is 0 Å². The summed E-state index contributed by atoms with van der Waals surface area (Å²) in [6, 6.07) is 13.6. The highest BCUT2D eigenvalue weighted by atomic mass is 32.2. The van der Waals surface area contributed by atoms with Crippen molar-refractivity contribution in [3.8, 4) is 0 Å². The Morgan fingerprint density at radius 1 is 1.21 bits per heavy atom. The summed E-state index contributed by atoms with van der Waals surface area (Å²) in [5.41, 5.74) is 4.06. The van der Waals surface area contributed by atoms with Crippen molar-refractivity contribution in [3.05, 3.63) is 59.2 Å². The van der Waals surface area contributed by atoms with Gasteiger partial charge in [-0.15, -0.1) is 11.8 Å². The number of thioether (sulfide) groups is 1. The molecule has 0 atom stereocenters. The van der Waals surface area contributed by atoms with Crippen LogP contribution in [0.25, 0.3) is 0 Å². The fourth-order valence-corrected chi connectivity index (χ4v) is 4.27. The lowest BCUT2D eigenvalue weighted by molar-refractivity contribution is 0.0601. The largest absolute Gasteiger partial charge is 0.465 e. The van der Waals surface area contributed by atoms with E-state index in [4.69, 9.17) is 4.74 Å². The smallest absolute Gasteiger partial charge is 0.337 e. The van der Waals surface area contributed by atoms with Crippen molar-refractivity contribution in [2.75, 3.05) is 12.9 Å². The van der Waals surface area contributed by atoms with Gasteiger partial charge < -0.3 is 4.74 Å². The standard InChI is InChI=1S/C20H21NO2S/c1-20(2)10-11-24-18-9-4-14(12-17(18)20)13-21-16-7-5-15(6-8-16)19(22)23-3/h4-9,12-13H,10-11H2,1-3H3. The van der Waals surface area contributed by atoms with Crippen LogP contribution < -0.4 is 0 Å². The van der Waals surface area contributed by atoms with Crippen LogP contribution in [0.3, 0.4) is 0 Å². The third-order valence-corrected chi connectivity index (χ3v) is 5.44. The second-order valence-electron chi connectivity index (χ2n) is 6.53. The van der Waals surface area contributed by atoms with Gasteiger partial charge in [0.05, 0.1) is 18.4 Å². The van der Waals surface area contributed by atoms with Gasteiger partial charge in [-0.3, -0.25) is 4.99 Å². The van der Waals surface area contributed by atoms with Crippen molar-refractivity contribution in [1.82, 2.24) is 0 Å². The number of ether oxygens (including phenoxy) is 1. The van der Waals surface area contributed by atoms with Crippen molar-refractivity contribution >= 4 is 29.6 Å². The molecule has 124 valence electrons. The van der Waals surface area contributed by atoms with E-state index in [1.807, 2.05) is 30.1 Å². The van der Waals surface area contributed by atoms with E-state index in [1.54, 1.807) is 12.1 Å². The van der Waals surface area contributed by atoms with E-state index in [9.17, 15) is 4.79 Å². The zero-order valence-corrected chi connectivity index (χ0v) is 15.0. The molecule has 2 aromatic carbocycles. The van der Waals surface area contributed by atoms with E-state index in [0.29, 0.717) is 5.56 Å². The topological polar surface area (TPSA) is 38.7 Å². The molecule has 24 heavy (non-hydrogen) atoms. The van der Waals surface area contributed by atoms with Crippen LogP contribution >= 0.6 is 11.8 Å². The first-order valence-electron chi connectivity index (χ1n) is 7.99. The number of carbonyl (C=O) groups excluding carboxylic acids is 1. The van der Waals surface area contributed by atoms with Crippen molar-refractivity contribution < 1.29 is 9.53 Å². The number of nitrogens with zero attached hydrogens (tertiary/aromatic N) is 1. The average Bonchev–Trinajstić information content (AvgIpc) is 2.60. The van der Waals surface area contributed by atoms with E-state index in [1.165, 1.54) is 29.7 Å². The Morgan fingerprint density at radius 3 is 2.67 bits per heavy atom. The number of carbonyl (C=O) groups is 1.